The van der Waals surface area contributed by atoms with E-state index in [1.54, 1.807) is 0 Å². The van der Waals surface area contributed by atoms with E-state index < -0.39 is 0 Å². The van der Waals surface area contributed by atoms with Crippen LogP contribution in [0.2, 0.25) is 0 Å². The number of aliphatic hydroxyl groups excluding tert-OH is 1. The van der Waals surface area contributed by atoms with Crippen molar-refractivity contribution in [2.45, 2.75) is 24.3 Å². The summed E-state index contributed by atoms with van der Waals surface area (Å²) in [6.07, 6.45) is 0.549. The highest BCUT2D eigenvalue weighted by molar-refractivity contribution is 7.81. The molecule has 1 heterocycles. The van der Waals surface area contributed by atoms with Crippen LogP contribution in [-0.2, 0) is 0 Å². The molecule has 0 aliphatic carbocycles. The molecule has 1 fully saturated rings. The normalized spacial score (nSPS) is 47.6. The zero-order valence-corrected chi connectivity index (χ0v) is 5.78. The van der Waals surface area contributed by atoms with Crippen LogP contribution in [-0.4, -0.2) is 22.6 Å². The summed E-state index contributed by atoms with van der Waals surface area (Å²) in [5, 5.41) is 12.0. The van der Waals surface area contributed by atoms with E-state index in [-0.39, 0.29) is 11.0 Å². The van der Waals surface area contributed by atoms with Crippen LogP contribution in [0, 0.1) is 0 Å². The Balaban J connectivity index is 2.44. The minimum Gasteiger partial charge on any atom is -0.392 e. The van der Waals surface area contributed by atoms with Crippen molar-refractivity contribution in [2.75, 3.05) is 6.54 Å². The fraction of sp³-hybridized carbons (Fsp3) is 1.00. The fourth-order valence-corrected chi connectivity index (χ4v) is 1.24. The first-order valence-electron chi connectivity index (χ1n) is 2.76. The average molecular weight is 133 g/mol. The first-order valence-corrected chi connectivity index (χ1v) is 3.20. The Bertz CT molecular complexity index is 94.4. The summed E-state index contributed by atoms with van der Waals surface area (Å²) in [5.41, 5.74) is 0. The molecule has 0 radical (unpaired) electrons. The van der Waals surface area contributed by atoms with Crippen molar-refractivity contribution in [2.24, 2.45) is 0 Å². The maximum Gasteiger partial charge on any atom is 0.0690 e. The van der Waals surface area contributed by atoms with Crippen LogP contribution in [0.4, 0.5) is 0 Å². The molecule has 2 unspecified atom stereocenters. The highest BCUT2D eigenvalue weighted by Gasteiger charge is 2.29. The van der Waals surface area contributed by atoms with Gasteiger partial charge in [0.05, 0.1) is 11.0 Å². The molecule has 48 valence electrons. The molecule has 1 aliphatic heterocycles. The van der Waals surface area contributed by atoms with Crippen molar-refractivity contribution in [3.63, 3.8) is 0 Å². The van der Waals surface area contributed by atoms with E-state index in [4.69, 9.17) is 5.11 Å². The fourth-order valence-electron chi connectivity index (χ4n) is 0.941. The molecule has 0 aromatic rings. The summed E-state index contributed by atoms with van der Waals surface area (Å²) < 4.78 is 0. The van der Waals surface area contributed by atoms with Gasteiger partial charge in [0.15, 0.2) is 0 Å². The van der Waals surface area contributed by atoms with Gasteiger partial charge in [0, 0.05) is 13.0 Å². The summed E-state index contributed by atoms with van der Waals surface area (Å²) in [6, 6.07) is 0. The molecule has 1 aliphatic rings. The summed E-state index contributed by atoms with van der Waals surface area (Å²) in [5.74, 6) is 0. The van der Waals surface area contributed by atoms with Gasteiger partial charge in [-0.25, -0.2) is 0 Å². The molecule has 0 amide bonds. The van der Waals surface area contributed by atoms with Crippen LogP contribution in [0.5, 0.6) is 0 Å². The summed E-state index contributed by atoms with van der Waals surface area (Å²) in [7, 11) is 0. The number of hydrogen-bond acceptors (Lipinski definition) is 3. The first-order chi connectivity index (χ1) is 3.60. The molecule has 1 rings (SSSR count). The Kier molecular flexibility index (Phi) is 1.52. The van der Waals surface area contributed by atoms with Gasteiger partial charge >= 0.3 is 0 Å². The Morgan fingerprint density at radius 1 is 1.88 bits per heavy atom. The predicted octanol–water partition coefficient (Wildman–Crippen LogP) is -0.0134. The number of rotatable bonds is 0. The van der Waals surface area contributed by atoms with E-state index in [2.05, 4.69) is 17.9 Å². The van der Waals surface area contributed by atoms with Crippen LogP contribution in [0.1, 0.15) is 13.3 Å². The molecular formula is C5H11NOS. The molecule has 0 saturated carbocycles. The van der Waals surface area contributed by atoms with Crippen LogP contribution >= 0.6 is 12.6 Å². The lowest BCUT2D eigenvalue weighted by Gasteiger charge is -2.14. The van der Waals surface area contributed by atoms with Gasteiger partial charge in [0.2, 0.25) is 0 Å². The van der Waals surface area contributed by atoms with Crippen LogP contribution in [0.25, 0.3) is 0 Å². The first kappa shape index (κ1) is 6.39. The number of hydrogen-bond donors (Lipinski definition) is 3. The molecule has 2 nitrogen and oxygen atoms in total. The standard InChI is InChI=1S/C5H11NOS/c1-5(8)2-4(7)3-6-5/h4,6-8H,2-3H2,1H3. The molecule has 0 aromatic carbocycles. The summed E-state index contributed by atoms with van der Waals surface area (Å²) in [6.45, 7) is 2.65. The van der Waals surface area contributed by atoms with E-state index >= 15 is 0 Å². The molecule has 2 N–H and O–H groups in total. The lowest BCUT2D eigenvalue weighted by atomic mass is 10.2. The van der Waals surface area contributed by atoms with Gasteiger partial charge in [-0.05, 0) is 6.92 Å². The van der Waals surface area contributed by atoms with E-state index in [0.717, 1.165) is 6.42 Å². The highest BCUT2D eigenvalue weighted by Crippen LogP contribution is 2.21. The Hall–Kier alpha value is 0.270. The van der Waals surface area contributed by atoms with Crippen molar-refractivity contribution in [1.29, 1.82) is 0 Å². The maximum atomic E-state index is 8.95. The third kappa shape index (κ3) is 1.37. The summed E-state index contributed by atoms with van der Waals surface area (Å²) >= 11 is 4.24. The summed E-state index contributed by atoms with van der Waals surface area (Å²) in [4.78, 5) is -0.139. The minimum absolute atomic E-state index is 0.139. The quantitative estimate of drug-likeness (QED) is 0.406. The van der Waals surface area contributed by atoms with Crippen molar-refractivity contribution in [3.8, 4) is 0 Å². The van der Waals surface area contributed by atoms with Gasteiger partial charge in [0.1, 0.15) is 0 Å². The topological polar surface area (TPSA) is 32.3 Å². The lowest BCUT2D eigenvalue weighted by Crippen LogP contribution is -2.28. The third-order valence-corrected chi connectivity index (χ3v) is 1.69. The second kappa shape index (κ2) is 1.90. The van der Waals surface area contributed by atoms with E-state index in [1.165, 1.54) is 0 Å². The maximum absolute atomic E-state index is 8.95. The largest absolute Gasteiger partial charge is 0.392 e. The van der Waals surface area contributed by atoms with Crippen molar-refractivity contribution in [1.82, 2.24) is 5.32 Å². The molecule has 0 aromatic heterocycles. The van der Waals surface area contributed by atoms with Crippen molar-refractivity contribution >= 4 is 12.6 Å². The molecule has 3 heteroatoms. The van der Waals surface area contributed by atoms with Crippen LogP contribution in [0.15, 0.2) is 0 Å². The van der Waals surface area contributed by atoms with Crippen LogP contribution in [0.3, 0.4) is 0 Å². The molecule has 0 bridgehead atoms. The smallest absolute Gasteiger partial charge is 0.0690 e. The minimum atomic E-state index is -0.197. The van der Waals surface area contributed by atoms with Gasteiger partial charge in [-0.15, -0.1) is 0 Å². The van der Waals surface area contributed by atoms with Crippen molar-refractivity contribution < 1.29 is 5.11 Å². The van der Waals surface area contributed by atoms with E-state index in [9.17, 15) is 0 Å². The van der Waals surface area contributed by atoms with Gasteiger partial charge in [-0.3, -0.25) is 0 Å². The van der Waals surface area contributed by atoms with Crippen LogP contribution < -0.4 is 5.32 Å². The van der Waals surface area contributed by atoms with E-state index in [0.29, 0.717) is 6.54 Å². The molecule has 1 saturated heterocycles. The second-order valence-corrected chi connectivity index (χ2v) is 3.50. The number of β-amino-alcohol motifs (C(OH)–C–C–N with tert-alkyl or cyclic N) is 1. The Labute approximate surface area is 54.7 Å². The van der Waals surface area contributed by atoms with Gasteiger partial charge in [0.25, 0.3) is 0 Å². The van der Waals surface area contributed by atoms with Crippen molar-refractivity contribution in [3.05, 3.63) is 0 Å². The zero-order valence-electron chi connectivity index (χ0n) is 4.89. The second-order valence-electron chi connectivity index (χ2n) is 2.51. The molecule has 8 heavy (non-hydrogen) atoms. The monoisotopic (exact) mass is 133 g/mol. The van der Waals surface area contributed by atoms with Gasteiger partial charge < -0.3 is 10.4 Å². The van der Waals surface area contributed by atoms with Gasteiger partial charge in [-0.1, -0.05) is 0 Å². The average Bonchev–Trinajstić information content (AvgIpc) is 1.82. The molecular weight excluding hydrogens is 122 g/mol. The Morgan fingerprint density at radius 2 is 2.50 bits per heavy atom. The lowest BCUT2D eigenvalue weighted by molar-refractivity contribution is 0.192. The number of nitrogens with one attached hydrogen (secondary N) is 1. The Morgan fingerprint density at radius 3 is 2.62 bits per heavy atom. The zero-order chi connectivity index (χ0) is 6.20. The van der Waals surface area contributed by atoms with E-state index in [1.807, 2.05) is 6.92 Å². The number of aliphatic hydroxyl groups is 1. The molecule has 0 spiro atoms. The molecule has 2 atom stereocenters. The highest BCUT2D eigenvalue weighted by atomic mass is 32.1. The third-order valence-electron chi connectivity index (χ3n) is 1.35. The van der Waals surface area contributed by atoms with Gasteiger partial charge in [-0.2, -0.15) is 12.6 Å². The number of thiol groups is 1. The predicted molar refractivity (Wildman–Crippen MR) is 36.0 cm³/mol. The SMILES string of the molecule is CC1(S)CC(O)CN1.